The fraction of sp³-hybridized carbons (Fsp3) is 0.667. The van der Waals surface area contributed by atoms with Crippen LogP contribution in [0, 0.1) is 6.92 Å². The molecule has 2 saturated carbocycles. The second-order valence-electron chi connectivity index (χ2n) is 10.9. The molecule has 0 aliphatic heterocycles. The molecule has 188 valence electrons. The molecular formula is C27H41N3O4. The maximum atomic E-state index is 13.7. The molecule has 2 N–H and O–H groups in total. The van der Waals surface area contributed by atoms with Crippen molar-refractivity contribution in [1.29, 1.82) is 0 Å². The lowest BCUT2D eigenvalue weighted by Crippen LogP contribution is -2.57. The minimum absolute atomic E-state index is 0.0289. The van der Waals surface area contributed by atoms with Gasteiger partial charge in [-0.15, -0.1) is 0 Å². The Hall–Kier alpha value is -2.57. The number of nitrogens with one attached hydrogen (secondary N) is 2. The summed E-state index contributed by atoms with van der Waals surface area (Å²) in [5.74, 6) is -0.402. The van der Waals surface area contributed by atoms with E-state index < -0.39 is 23.8 Å². The van der Waals surface area contributed by atoms with Crippen molar-refractivity contribution in [3.63, 3.8) is 0 Å². The normalized spacial score (nSPS) is 18.9. The zero-order chi connectivity index (χ0) is 24.9. The molecular weight excluding hydrogens is 430 g/mol. The van der Waals surface area contributed by atoms with Gasteiger partial charge in [-0.3, -0.25) is 9.59 Å². The van der Waals surface area contributed by atoms with Crippen LogP contribution in [0.4, 0.5) is 4.79 Å². The summed E-state index contributed by atoms with van der Waals surface area (Å²) < 4.78 is 5.35. The van der Waals surface area contributed by atoms with E-state index in [4.69, 9.17) is 4.74 Å². The van der Waals surface area contributed by atoms with E-state index in [-0.39, 0.29) is 23.9 Å². The largest absolute Gasteiger partial charge is 0.444 e. The van der Waals surface area contributed by atoms with Crippen LogP contribution in [0.25, 0.3) is 0 Å². The monoisotopic (exact) mass is 471 g/mol. The van der Waals surface area contributed by atoms with Crippen LogP contribution in [0.3, 0.4) is 0 Å². The van der Waals surface area contributed by atoms with Gasteiger partial charge in [-0.05, 0) is 72.3 Å². The van der Waals surface area contributed by atoms with Crippen molar-refractivity contribution < 1.29 is 19.1 Å². The van der Waals surface area contributed by atoms with Gasteiger partial charge in [0, 0.05) is 12.1 Å². The number of nitrogens with zero attached hydrogens (tertiary/aromatic N) is 1. The number of carbonyl (C=O) groups is 3. The highest BCUT2D eigenvalue weighted by atomic mass is 16.6. The molecule has 0 aromatic heterocycles. The van der Waals surface area contributed by atoms with Gasteiger partial charge in [0.1, 0.15) is 17.7 Å². The molecule has 0 spiro atoms. The first-order chi connectivity index (χ1) is 16.0. The molecule has 2 unspecified atom stereocenters. The Morgan fingerprint density at radius 1 is 0.971 bits per heavy atom. The lowest BCUT2D eigenvalue weighted by atomic mass is 9.87. The molecule has 1 aromatic rings. The Morgan fingerprint density at radius 3 is 2.12 bits per heavy atom. The fourth-order valence-electron chi connectivity index (χ4n) is 4.67. The first-order valence-electron chi connectivity index (χ1n) is 12.7. The Labute approximate surface area is 204 Å². The summed E-state index contributed by atoms with van der Waals surface area (Å²) in [6.07, 6.45) is 7.46. The molecule has 0 saturated heterocycles. The summed E-state index contributed by atoms with van der Waals surface area (Å²) in [7, 11) is 0. The van der Waals surface area contributed by atoms with Crippen molar-refractivity contribution in [3.05, 3.63) is 35.4 Å². The third kappa shape index (κ3) is 6.97. The third-order valence-corrected chi connectivity index (χ3v) is 6.70. The molecule has 2 atom stereocenters. The summed E-state index contributed by atoms with van der Waals surface area (Å²) in [5, 5.41) is 5.91. The van der Waals surface area contributed by atoms with Crippen molar-refractivity contribution in [3.8, 4) is 0 Å². The highest BCUT2D eigenvalue weighted by Gasteiger charge is 2.41. The number of amides is 3. The minimum atomic E-state index is -0.814. The van der Waals surface area contributed by atoms with Crippen molar-refractivity contribution in [2.45, 2.75) is 116 Å². The van der Waals surface area contributed by atoms with Gasteiger partial charge in [-0.1, -0.05) is 49.1 Å². The molecule has 3 rings (SSSR count). The Kier molecular flexibility index (Phi) is 8.61. The molecule has 2 aliphatic rings. The topological polar surface area (TPSA) is 87.7 Å². The lowest BCUT2D eigenvalue weighted by molar-refractivity contribution is -0.147. The van der Waals surface area contributed by atoms with Crippen LogP contribution in [0.2, 0.25) is 0 Å². The summed E-state index contributed by atoms with van der Waals surface area (Å²) in [5.41, 5.74) is 1.23. The quantitative estimate of drug-likeness (QED) is 0.599. The number of rotatable bonds is 7. The average molecular weight is 472 g/mol. The molecule has 2 fully saturated rings. The van der Waals surface area contributed by atoms with Crippen molar-refractivity contribution in [1.82, 2.24) is 15.5 Å². The number of alkyl carbamates (subject to hydrolysis) is 1. The molecule has 2 aliphatic carbocycles. The maximum Gasteiger partial charge on any atom is 0.408 e. The number of ether oxygens (including phenoxy) is 1. The van der Waals surface area contributed by atoms with Gasteiger partial charge in [0.2, 0.25) is 11.8 Å². The molecule has 34 heavy (non-hydrogen) atoms. The number of hydrogen-bond donors (Lipinski definition) is 2. The van der Waals surface area contributed by atoms with Gasteiger partial charge in [-0.2, -0.15) is 0 Å². The van der Waals surface area contributed by atoms with Crippen LogP contribution in [0.5, 0.6) is 0 Å². The van der Waals surface area contributed by atoms with Crippen LogP contribution in [0.1, 0.15) is 96.2 Å². The van der Waals surface area contributed by atoms with Gasteiger partial charge in [-0.25, -0.2) is 4.79 Å². The van der Waals surface area contributed by atoms with Gasteiger partial charge >= 0.3 is 6.09 Å². The Bertz CT molecular complexity index is 852. The number of hydrogen-bond acceptors (Lipinski definition) is 4. The lowest BCUT2D eigenvalue weighted by Gasteiger charge is -2.43. The van der Waals surface area contributed by atoms with E-state index in [1.54, 1.807) is 32.6 Å². The van der Waals surface area contributed by atoms with Gasteiger partial charge in [0.25, 0.3) is 0 Å². The maximum absolute atomic E-state index is 13.7. The van der Waals surface area contributed by atoms with E-state index in [1.165, 1.54) is 6.42 Å². The smallest absolute Gasteiger partial charge is 0.408 e. The first-order valence-corrected chi connectivity index (χ1v) is 12.7. The minimum Gasteiger partial charge on any atom is -0.444 e. The fourth-order valence-corrected chi connectivity index (χ4v) is 4.67. The highest BCUT2D eigenvalue weighted by molar-refractivity contribution is 5.92. The van der Waals surface area contributed by atoms with Crippen molar-refractivity contribution >= 4 is 17.9 Å². The van der Waals surface area contributed by atoms with Crippen LogP contribution >= 0.6 is 0 Å². The first kappa shape index (κ1) is 26.0. The standard InChI is InChI=1S/C27H41N3O4/c1-18-14-16-20(17-15-18)23(24(31)29-21-10-7-6-8-11-21)30(22-12-9-13-22)25(32)19(2)28-26(33)34-27(3,4)5/h14-17,19,21-23H,6-13H2,1-5H3,(H,28,33)(H,29,31). The van der Waals surface area contributed by atoms with Crippen molar-refractivity contribution in [2.24, 2.45) is 0 Å². The Morgan fingerprint density at radius 2 is 1.59 bits per heavy atom. The van der Waals surface area contributed by atoms with Crippen LogP contribution < -0.4 is 10.6 Å². The van der Waals surface area contributed by atoms with Crippen LogP contribution in [-0.4, -0.2) is 46.5 Å². The Balaban J connectivity index is 1.86. The molecule has 3 amide bonds. The summed E-state index contributed by atoms with van der Waals surface area (Å²) in [6, 6.07) is 6.39. The van der Waals surface area contributed by atoms with E-state index >= 15 is 0 Å². The molecule has 0 heterocycles. The third-order valence-electron chi connectivity index (χ3n) is 6.70. The zero-order valence-electron chi connectivity index (χ0n) is 21.4. The number of aryl methyl sites for hydroxylation is 1. The van der Waals surface area contributed by atoms with E-state index in [2.05, 4.69) is 10.6 Å². The summed E-state index contributed by atoms with van der Waals surface area (Å²) in [4.78, 5) is 41.5. The second-order valence-corrected chi connectivity index (χ2v) is 10.9. The average Bonchev–Trinajstić information content (AvgIpc) is 2.72. The molecule has 7 nitrogen and oxygen atoms in total. The predicted octanol–water partition coefficient (Wildman–Crippen LogP) is 4.78. The number of benzene rings is 1. The van der Waals surface area contributed by atoms with E-state index in [9.17, 15) is 14.4 Å². The molecule has 0 radical (unpaired) electrons. The molecule has 7 heteroatoms. The number of carbonyl (C=O) groups excluding carboxylic acids is 3. The van der Waals surface area contributed by atoms with Crippen molar-refractivity contribution in [2.75, 3.05) is 0 Å². The van der Waals surface area contributed by atoms with E-state index in [1.807, 2.05) is 31.2 Å². The second kappa shape index (κ2) is 11.2. The van der Waals surface area contributed by atoms with E-state index in [0.29, 0.717) is 0 Å². The van der Waals surface area contributed by atoms with Gasteiger partial charge < -0.3 is 20.3 Å². The summed E-state index contributed by atoms with van der Waals surface area (Å²) >= 11 is 0. The summed E-state index contributed by atoms with van der Waals surface area (Å²) in [6.45, 7) is 9.00. The van der Waals surface area contributed by atoms with Crippen LogP contribution in [-0.2, 0) is 14.3 Å². The predicted molar refractivity (Wildman–Crippen MR) is 132 cm³/mol. The van der Waals surface area contributed by atoms with Gasteiger partial charge in [0.15, 0.2) is 0 Å². The zero-order valence-corrected chi connectivity index (χ0v) is 21.4. The highest BCUT2D eigenvalue weighted by Crippen LogP contribution is 2.34. The SMILES string of the molecule is Cc1ccc(C(C(=O)NC2CCCCC2)N(C(=O)C(C)NC(=O)OC(C)(C)C)C2CCC2)cc1. The molecule has 0 bridgehead atoms. The molecule has 1 aromatic carbocycles. The van der Waals surface area contributed by atoms with E-state index in [0.717, 1.165) is 56.1 Å². The van der Waals surface area contributed by atoms with Crippen LogP contribution in [0.15, 0.2) is 24.3 Å². The van der Waals surface area contributed by atoms with Gasteiger partial charge in [0.05, 0.1) is 0 Å².